The molecule has 0 amide bonds. The van der Waals surface area contributed by atoms with Crippen molar-refractivity contribution in [3.05, 3.63) is 29.8 Å². The number of carbonyl (C=O) groups excluding carboxylic acids is 1. The van der Waals surface area contributed by atoms with Crippen LogP contribution in [0.3, 0.4) is 0 Å². The lowest BCUT2D eigenvalue weighted by molar-refractivity contribution is -0.169. The van der Waals surface area contributed by atoms with Crippen molar-refractivity contribution in [2.45, 2.75) is 17.8 Å². The van der Waals surface area contributed by atoms with Crippen molar-refractivity contribution in [3.8, 4) is 5.75 Å². The van der Waals surface area contributed by atoms with Crippen LogP contribution in [0.4, 0.5) is 0 Å². The number of aliphatic hydroxyl groups excluding tert-OH is 1. The molecule has 2 N–H and O–H groups in total. The van der Waals surface area contributed by atoms with E-state index in [9.17, 15) is 15.0 Å². The molecule has 1 aliphatic heterocycles. The van der Waals surface area contributed by atoms with E-state index in [2.05, 4.69) is 0 Å². The number of thioether (sulfide) groups is 1. The van der Waals surface area contributed by atoms with Gasteiger partial charge in [0.05, 0.1) is 20.3 Å². The molecule has 0 radical (unpaired) electrons. The summed E-state index contributed by atoms with van der Waals surface area (Å²) in [7, 11) is 1.59. The molecular weight excluding hydrogens is 292 g/mol. The van der Waals surface area contributed by atoms with Crippen molar-refractivity contribution in [1.29, 1.82) is 0 Å². The van der Waals surface area contributed by atoms with Crippen molar-refractivity contribution >= 4 is 17.7 Å². The molecule has 0 aromatic heterocycles. The summed E-state index contributed by atoms with van der Waals surface area (Å²) in [6.07, 6.45) is 0. The number of rotatable bonds is 5. The normalized spacial score (nSPS) is 28.4. The highest BCUT2D eigenvalue weighted by atomic mass is 32.2. The second kappa shape index (κ2) is 6.68. The molecule has 5 nitrogen and oxygen atoms in total. The highest BCUT2D eigenvalue weighted by molar-refractivity contribution is 7.99. The second-order valence-corrected chi connectivity index (χ2v) is 6.07. The Morgan fingerprint density at radius 2 is 2.10 bits per heavy atom. The average molecular weight is 312 g/mol. The van der Waals surface area contributed by atoms with Gasteiger partial charge in [0.15, 0.2) is 5.60 Å². The van der Waals surface area contributed by atoms with Gasteiger partial charge in [-0.3, -0.25) is 0 Å². The van der Waals surface area contributed by atoms with Gasteiger partial charge < -0.3 is 19.7 Å². The second-order valence-electron chi connectivity index (χ2n) is 4.94. The third-order valence-corrected chi connectivity index (χ3v) is 5.30. The van der Waals surface area contributed by atoms with Crippen molar-refractivity contribution < 1.29 is 24.5 Å². The fraction of sp³-hybridized carbons (Fsp3) is 0.533. The number of esters is 1. The van der Waals surface area contributed by atoms with E-state index in [4.69, 9.17) is 9.47 Å². The van der Waals surface area contributed by atoms with Gasteiger partial charge in [-0.25, -0.2) is 4.79 Å². The fourth-order valence-electron chi connectivity index (χ4n) is 2.53. The molecule has 1 saturated heterocycles. The summed E-state index contributed by atoms with van der Waals surface area (Å²) < 4.78 is 10.1. The van der Waals surface area contributed by atoms with E-state index < -0.39 is 17.5 Å². The first kappa shape index (κ1) is 16.1. The topological polar surface area (TPSA) is 76.0 Å². The Morgan fingerprint density at radius 3 is 2.62 bits per heavy atom. The SMILES string of the molecule is CCOC(=O)[C@]1(O)CS[C@H](c2ccc(OC)cc2)[C@H]1CO. The smallest absolute Gasteiger partial charge is 0.339 e. The summed E-state index contributed by atoms with van der Waals surface area (Å²) in [4.78, 5) is 12.0. The van der Waals surface area contributed by atoms with Gasteiger partial charge in [0.1, 0.15) is 5.75 Å². The number of aliphatic hydroxyl groups is 2. The minimum Gasteiger partial charge on any atom is -0.497 e. The largest absolute Gasteiger partial charge is 0.497 e. The molecule has 3 atom stereocenters. The predicted octanol–water partition coefficient (Wildman–Crippen LogP) is 1.39. The van der Waals surface area contributed by atoms with Crippen LogP contribution < -0.4 is 4.74 Å². The van der Waals surface area contributed by atoms with Crippen LogP contribution >= 0.6 is 11.8 Å². The van der Waals surface area contributed by atoms with E-state index in [1.807, 2.05) is 24.3 Å². The van der Waals surface area contributed by atoms with Crippen LogP contribution in [-0.4, -0.2) is 47.9 Å². The van der Waals surface area contributed by atoms with Crippen LogP contribution in [0.15, 0.2) is 24.3 Å². The Hall–Kier alpha value is -1.24. The Bertz CT molecular complexity index is 489. The predicted molar refractivity (Wildman–Crippen MR) is 80.4 cm³/mol. The zero-order valence-corrected chi connectivity index (χ0v) is 12.9. The third kappa shape index (κ3) is 3.02. The van der Waals surface area contributed by atoms with Crippen molar-refractivity contribution in [2.24, 2.45) is 5.92 Å². The molecule has 0 aliphatic carbocycles. The lowest BCUT2D eigenvalue weighted by Gasteiger charge is -2.28. The van der Waals surface area contributed by atoms with Gasteiger partial charge in [-0.1, -0.05) is 12.1 Å². The number of methoxy groups -OCH3 is 1. The molecule has 2 rings (SSSR count). The molecule has 1 aromatic carbocycles. The molecule has 0 spiro atoms. The highest BCUT2D eigenvalue weighted by Gasteiger charge is 2.54. The molecular formula is C15H20O5S. The Morgan fingerprint density at radius 1 is 1.43 bits per heavy atom. The van der Waals surface area contributed by atoms with Crippen LogP contribution in [0, 0.1) is 5.92 Å². The minimum absolute atomic E-state index is 0.157. The maximum Gasteiger partial charge on any atom is 0.339 e. The van der Waals surface area contributed by atoms with E-state index in [0.717, 1.165) is 11.3 Å². The van der Waals surface area contributed by atoms with Crippen molar-refractivity contribution in [1.82, 2.24) is 0 Å². The summed E-state index contributed by atoms with van der Waals surface area (Å²) in [5, 5.41) is 20.1. The van der Waals surface area contributed by atoms with Crippen LogP contribution in [-0.2, 0) is 9.53 Å². The van der Waals surface area contributed by atoms with E-state index in [1.54, 1.807) is 14.0 Å². The van der Waals surface area contributed by atoms with Gasteiger partial charge >= 0.3 is 5.97 Å². The number of benzene rings is 1. The maximum absolute atomic E-state index is 12.0. The average Bonchev–Trinajstić information content (AvgIpc) is 2.85. The van der Waals surface area contributed by atoms with Crippen LogP contribution in [0.5, 0.6) is 5.75 Å². The third-order valence-electron chi connectivity index (χ3n) is 3.73. The maximum atomic E-state index is 12.0. The Labute approximate surface area is 128 Å². The first-order chi connectivity index (χ1) is 10.1. The fourth-order valence-corrected chi connectivity index (χ4v) is 4.18. The van der Waals surface area contributed by atoms with Crippen LogP contribution in [0.2, 0.25) is 0 Å². The summed E-state index contributed by atoms with van der Waals surface area (Å²) in [5.74, 6) is -0.293. The molecule has 0 unspecified atom stereocenters. The molecule has 0 bridgehead atoms. The van der Waals surface area contributed by atoms with Crippen LogP contribution in [0.25, 0.3) is 0 Å². The minimum atomic E-state index is -1.64. The highest BCUT2D eigenvalue weighted by Crippen LogP contribution is 2.50. The Balaban J connectivity index is 2.23. The Kier molecular flexibility index (Phi) is 5.13. The monoisotopic (exact) mass is 312 g/mol. The molecule has 6 heteroatoms. The van der Waals surface area contributed by atoms with E-state index in [-0.39, 0.29) is 24.2 Å². The van der Waals surface area contributed by atoms with Gasteiger partial charge in [0.25, 0.3) is 0 Å². The summed E-state index contributed by atoms with van der Waals surface area (Å²) in [5.41, 5.74) is -0.694. The van der Waals surface area contributed by atoms with Crippen LogP contribution in [0.1, 0.15) is 17.7 Å². The first-order valence-corrected chi connectivity index (χ1v) is 7.87. The van der Waals surface area contributed by atoms with E-state index in [1.165, 1.54) is 11.8 Å². The molecule has 21 heavy (non-hydrogen) atoms. The molecule has 1 heterocycles. The lowest BCUT2D eigenvalue weighted by atomic mass is 9.84. The number of carbonyl (C=O) groups is 1. The summed E-state index contributed by atoms with van der Waals surface area (Å²) in [6.45, 7) is 1.62. The molecule has 116 valence electrons. The number of hydrogen-bond donors (Lipinski definition) is 2. The van der Waals surface area contributed by atoms with Gasteiger partial charge in [0, 0.05) is 16.9 Å². The zero-order chi connectivity index (χ0) is 15.5. The number of ether oxygens (including phenoxy) is 2. The quantitative estimate of drug-likeness (QED) is 0.800. The van der Waals surface area contributed by atoms with E-state index in [0.29, 0.717) is 0 Å². The van der Waals surface area contributed by atoms with Gasteiger partial charge in [-0.05, 0) is 24.6 Å². The van der Waals surface area contributed by atoms with Gasteiger partial charge in [0.2, 0.25) is 0 Å². The van der Waals surface area contributed by atoms with Crippen molar-refractivity contribution in [2.75, 3.05) is 26.1 Å². The molecule has 1 aliphatic rings. The zero-order valence-electron chi connectivity index (χ0n) is 12.1. The molecule has 1 aromatic rings. The summed E-state index contributed by atoms with van der Waals surface area (Å²) in [6, 6.07) is 7.42. The molecule has 0 saturated carbocycles. The summed E-state index contributed by atoms with van der Waals surface area (Å²) >= 11 is 1.45. The molecule has 1 fully saturated rings. The standard InChI is InChI=1S/C15H20O5S/c1-3-20-14(17)15(18)9-21-13(12(15)8-16)10-4-6-11(19-2)7-5-10/h4-7,12-13,16,18H,3,8-9H2,1-2H3/t12-,13-,15+/m1/s1. The van der Waals surface area contributed by atoms with Crippen molar-refractivity contribution in [3.63, 3.8) is 0 Å². The van der Waals surface area contributed by atoms with Gasteiger partial charge in [-0.15, -0.1) is 11.8 Å². The first-order valence-electron chi connectivity index (χ1n) is 6.82. The van der Waals surface area contributed by atoms with E-state index >= 15 is 0 Å². The van der Waals surface area contributed by atoms with Gasteiger partial charge in [-0.2, -0.15) is 0 Å². The lowest BCUT2D eigenvalue weighted by Crippen LogP contribution is -2.48. The number of hydrogen-bond acceptors (Lipinski definition) is 6.